The lowest BCUT2D eigenvalue weighted by Gasteiger charge is -2.32. The maximum absolute atomic E-state index is 12.4. The highest BCUT2D eigenvalue weighted by Gasteiger charge is 2.33. The third kappa shape index (κ3) is 3.73. The van der Waals surface area contributed by atoms with Gasteiger partial charge >= 0.3 is 0 Å². The lowest BCUT2D eigenvalue weighted by molar-refractivity contribution is -0.313. The number of hydrogen-bond acceptors (Lipinski definition) is 3. The summed E-state index contributed by atoms with van der Waals surface area (Å²) in [5.41, 5.74) is 2.78. The number of hydrogen-bond donors (Lipinski definition) is 1. The summed E-state index contributed by atoms with van der Waals surface area (Å²) in [7, 11) is 0. The van der Waals surface area contributed by atoms with Crippen LogP contribution in [0.15, 0.2) is 39.9 Å². The second-order valence-electron chi connectivity index (χ2n) is 5.50. The van der Waals surface area contributed by atoms with Crippen LogP contribution in [0.25, 0.3) is 0 Å². The number of amides is 1. The van der Waals surface area contributed by atoms with Gasteiger partial charge in [-0.2, -0.15) is 0 Å². The van der Waals surface area contributed by atoms with E-state index in [1.54, 1.807) is 12.1 Å². The molecular weight excluding hydrogens is 334 g/mol. The molecule has 0 bridgehead atoms. The van der Waals surface area contributed by atoms with Crippen LogP contribution in [0.5, 0.6) is 0 Å². The molecule has 0 unspecified atom stereocenters. The summed E-state index contributed by atoms with van der Waals surface area (Å²) in [5, 5.41) is 14.1. The fraction of sp³-hybridized carbons (Fsp3) is 0.375. The second-order valence-corrected chi connectivity index (χ2v) is 6.41. The van der Waals surface area contributed by atoms with Gasteiger partial charge in [-0.25, -0.2) is 0 Å². The summed E-state index contributed by atoms with van der Waals surface area (Å²) < 4.78 is 0.917. The molecule has 0 aromatic heterocycles. The Bertz CT molecular complexity index is 592. The minimum Gasteiger partial charge on any atom is -0.550 e. The number of nitrogens with one attached hydrogen (secondary N) is 1. The van der Waals surface area contributed by atoms with Crippen LogP contribution in [-0.2, 0) is 9.59 Å². The summed E-state index contributed by atoms with van der Waals surface area (Å²) in [5.74, 6) is -2.76. The maximum atomic E-state index is 12.4. The number of carboxylic acid groups (broad SMARTS) is 1. The topological polar surface area (TPSA) is 69.2 Å². The molecule has 1 aromatic rings. The molecule has 0 saturated carbocycles. The Morgan fingerprint density at radius 2 is 1.62 bits per heavy atom. The van der Waals surface area contributed by atoms with Gasteiger partial charge in [0.2, 0.25) is 5.91 Å². The van der Waals surface area contributed by atoms with Gasteiger partial charge in [-0.3, -0.25) is 4.79 Å². The lowest BCUT2D eigenvalue weighted by atomic mass is 9.76. The average Bonchev–Trinajstić information content (AvgIpc) is 2.43. The molecule has 1 aliphatic carbocycles. The van der Waals surface area contributed by atoms with E-state index >= 15 is 0 Å². The molecule has 0 heterocycles. The molecule has 1 N–H and O–H groups in total. The normalized spacial score (nSPS) is 22.0. The number of rotatable bonds is 3. The van der Waals surface area contributed by atoms with E-state index < -0.39 is 17.8 Å². The highest BCUT2D eigenvalue weighted by Crippen LogP contribution is 2.34. The molecule has 4 nitrogen and oxygen atoms in total. The molecule has 2 rings (SSSR count). The van der Waals surface area contributed by atoms with Gasteiger partial charge in [0, 0.05) is 22.0 Å². The van der Waals surface area contributed by atoms with Gasteiger partial charge in [0.1, 0.15) is 0 Å². The zero-order chi connectivity index (χ0) is 15.6. The second kappa shape index (κ2) is 6.43. The Kier molecular flexibility index (Phi) is 4.83. The molecule has 112 valence electrons. The van der Waals surface area contributed by atoms with Crippen molar-refractivity contribution in [3.05, 3.63) is 39.9 Å². The third-order valence-corrected chi connectivity index (χ3v) is 4.55. The summed E-state index contributed by atoms with van der Waals surface area (Å²) in [6.07, 6.45) is 0.847. The van der Waals surface area contributed by atoms with Crippen molar-refractivity contribution >= 4 is 33.5 Å². The van der Waals surface area contributed by atoms with E-state index in [2.05, 4.69) is 21.2 Å². The SMILES string of the molecule is CC1=C(C)C[C@@H](C(=O)Nc2ccc(Br)cc2)[C@@H](C(=O)[O-])C1. The molecule has 1 aromatic carbocycles. The van der Waals surface area contributed by atoms with Crippen LogP contribution in [0, 0.1) is 11.8 Å². The zero-order valence-electron chi connectivity index (χ0n) is 12.0. The molecule has 0 spiro atoms. The predicted octanol–water partition coefficient (Wildman–Crippen LogP) is 2.50. The van der Waals surface area contributed by atoms with Crippen LogP contribution in [0.3, 0.4) is 0 Å². The van der Waals surface area contributed by atoms with E-state index in [1.807, 2.05) is 26.0 Å². The minimum absolute atomic E-state index is 0.265. The van der Waals surface area contributed by atoms with Crippen LogP contribution >= 0.6 is 15.9 Å². The number of carbonyl (C=O) groups excluding carboxylic acids is 2. The van der Waals surface area contributed by atoms with Crippen LogP contribution in [0.4, 0.5) is 5.69 Å². The Balaban J connectivity index is 2.16. The van der Waals surface area contributed by atoms with Gasteiger partial charge in [0.05, 0.1) is 5.92 Å². The first kappa shape index (κ1) is 15.8. The minimum atomic E-state index is -1.15. The number of aliphatic carboxylic acids is 1. The first-order valence-corrected chi connectivity index (χ1v) is 7.60. The van der Waals surface area contributed by atoms with Crippen molar-refractivity contribution < 1.29 is 14.7 Å². The molecule has 0 radical (unpaired) electrons. The van der Waals surface area contributed by atoms with Gasteiger partial charge in [-0.05, 0) is 51.0 Å². The van der Waals surface area contributed by atoms with Crippen molar-refractivity contribution in [3.63, 3.8) is 0 Å². The van der Waals surface area contributed by atoms with E-state index in [4.69, 9.17) is 0 Å². The molecule has 0 saturated heterocycles. The van der Waals surface area contributed by atoms with Crippen molar-refractivity contribution in [3.8, 4) is 0 Å². The van der Waals surface area contributed by atoms with Gasteiger partial charge in [0.15, 0.2) is 0 Å². The fourth-order valence-electron chi connectivity index (χ4n) is 2.58. The number of halogens is 1. The molecule has 2 atom stereocenters. The highest BCUT2D eigenvalue weighted by molar-refractivity contribution is 9.10. The largest absolute Gasteiger partial charge is 0.550 e. The molecule has 0 aliphatic heterocycles. The molecule has 1 amide bonds. The first-order valence-electron chi connectivity index (χ1n) is 6.81. The Morgan fingerprint density at radius 3 is 2.14 bits per heavy atom. The van der Waals surface area contributed by atoms with Crippen molar-refractivity contribution in [1.29, 1.82) is 0 Å². The smallest absolute Gasteiger partial charge is 0.228 e. The summed E-state index contributed by atoms with van der Waals surface area (Å²) in [4.78, 5) is 23.7. The standard InChI is InChI=1S/C16H18BrNO3/c1-9-7-13(14(16(20)21)8-10(9)2)15(19)18-12-5-3-11(17)4-6-12/h3-6,13-14H,7-8H2,1-2H3,(H,18,19)(H,20,21)/p-1/t13-,14+/m1/s1. The van der Waals surface area contributed by atoms with E-state index in [-0.39, 0.29) is 5.91 Å². The van der Waals surface area contributed by atoms with Crippen LogP contribution in [-0.4, -0.2) is 11.9 Å². The third-order valence-electron chi connectivity index (χ3n) is 4.02. The van der Waals surface area contributed by atoms with E-state index in [0.29, 0.717) is 18.5 Å². The number of carboxylic acids is 1. The van der Waals surface area contributed by atoms with Crippen molar-refractivity contribution in [2.45, 2.75) is 26.7 Å². The van der Waals surface area contributed by atoms with Gasteiger partial charge < -0.3 is 15.2 Å². The molecule has 5 heteroatoms. The van der Waals surface area contributed by atoms with E-state index in [9.17, 15) is 14.7 Å². The fourth-order valence-corrected chi connectivity index (χ4v) is 2.85. The summed E-state index contributed by atoms with van der Waals surface area (Å²) in [6.45, 7) is 3.86. The predicted molar refractivity (Wildman–Crippen MR) is 82.4 cm³/mol. The first-order chi connectivity index (χ1) is 9.88. The Labute approximate surface area is 132 Å². The average molecular weight is 351 g/mol. The summed E-state index contributed by atoms with van der Waals surface area (Å²) in [6, 6.07) is 7.18. The lowest BCUT2D eigenvalue weighted by Crippen LogP contribution is -2.42. The zero-order valence-corrected chi connectivity index (χ0v) is 13.6. The molecular formula is C16H17BrNO3-. The number of benzene rings is 1. The number of carbonyl (C=O) groups is 2. The Hall–Kier alpha value is -1.62. The Morgan fingerprint density at radius 1 is 1.10 bits per heavy atom. The summed E-state index contributed by atoms with van der Waals surface area (Å²) >= 11 is 3.33. The number of anilines is 1. The molecule has 21 heavy (non-hydrogen) atoms. The number of allylic oxidation sites excluding steroid dienone is 2. The van der Waals surface area contributed by atoms with Crippen LogP contribution in [0.2, 0.25) is 0 Å². The van der Waals surface area contributed by atoms with Gasteiger partial charge in [-0.1, -0.05) is 27.1 Å². The molecule has 1 aliphatic rings. The van der Waals surface area contributed by atoms with Crippen molar-refractivity contribution in [1.82, 2.24) is 0 Å². The molecule has 0 fully saturated rings. The van der Waals surface area contributed by atoms with Crippen LogP contribution < -0.4 is 10.4 Å². The van der Waals surface area contributed by atoms with Crippen molar-refractivity contribution in [2.75, 3.05) is 5.32 Å². The monoisotopic (exact) mass is 350 g/mol. The van der Waals surface area contributed by atoms with E-state index in [0.717, 1.165) is 15.6 Å². The van der Waals surface area contributed by atoms with Gasteiger partial charge in [-0.15, -0.1) is 0 Å². The highest BCUT2D eigenvalue weighted by atomic mass is 79.9. The van der Waals surface area contributed by atoms with Crippen LogP contribution in [0.1, 0.15) is 26.7 Å². The maximum Gasteiger partial charge on any atom is 0.228 e. The quantitative estimate of drug-likeness (QED) is 0.851. The van der Waals surface area contributed by atoms with Crippen molar-refractivity contribution in [2.24, 2.45) is 11.8 Å². The van der Waals surface area contributed by atoms with Gasteiger partial charge in [0.25, 0.3) is 0 Å². The van der Waals surface area contributed by atoms with E-state index in [1.165, 1.54) is 0 Å².